The maximum atomic E-state index is 13.0. The summed E-state index contributed by atoms with van der Waals surface area (Å²) in [5.74, 6) is 0. The highest BCUT2D eigenvalue weighted by Crippen LogP contribution is 2.31. The summed E-state index contributed by atoms with van der Waals surface area (Å²) in [6.45, 7) is 1.96. The number of aromatic nitrogens is 1. The molecule has 1 aromatic heterocycles. The van der Waals surface area contributed by atoms with E-state index in [-0.39, 0.29) is 0 Å². The van der Waals surface area contributed by atoms with Crippen LogP contribution < -0.4 is 5.32 Å². The molecule has 2 aromatic rings. The van der Waals surface area contributed by atoms with E-state index in [4.69, 9.17) is 0 Å². The molecule has 5 heteroatoms. The molecule has 0 aliphatic carbocycles. The average Bonchev–Trinajstić information content (AvgIpc) is 3.09. The Morgan fingerprint density at radius 3 is 3.20 bits per heavy atom. The van der Waals surface area contributed by atoms with Crippen LogP contribution in [0.4, 0.5) is 0 Å². The van der Waals surface area contributed by atoms with Gasteiger partial charge in [-0.1, -0.05) is 12.1 Å². The van der Waals surface area contributed by atoms with E-state index >= 15 is 0 Å². The van der Waals surface area contributed by atoms with E-state index in [1.807, 2.05) is 30.5 Å². The summed E-state index contributed by atoms with van der Waals surface area (Å²) >= 11 is 0. The first-order chi connectivity index (χ1) is 9.84. The van der Waals surface area contributed by atoms with Gasteiger partial charge in [-0.3, -0.25) is 4.98 Å². The summed E-state index contributed by atoms with van der Waals surface area (Å²) in [5, 5.41) is 5.61. The second-order valence-electron chi connectivity index (χ2n) is 5.45. The minimum absolute atomic E-state index is 0.424. The summed E-state index contributed by atoms with van der Waals surface area (Å²) in [6, 6.07) is 8.88. The number of hydrogen-bond donors (Lipinski definition) is 1. The summed E-state index contributed by atoms with van der Waals surface area (Å²) in [7, 11) is -1.08. The Morgan fingerprint density at radius 2 is 2.25 bits per heavy atom. The van der Waals surface area contributed by atoms with E-state index in [1.54, 1.807) is 6.20 Å². The molecule has 1 N–H and O–H groups in total. The number of nitrogens with zero attached hydrogens (tertiary/aromatic N) is 2. The van der Waals surface area contributed by atoms with Crippen LogP contribution in [-0.4, -0.2) is 38.7 Å². The van der Waals surface area contributed by atoms with Crippen molar-refractivity contribution in [1.82, 2.24) is 14.6 Å². The first-order valence-electron chi connectivity index (χ1n) is 7.09. The highest BCUT2D eigenvalue weighted by Gasteiger charge is 2.40. The fourth-order valence-electron chi connectivity index (χ4n) is 3.40. The van der Waals surface area contributed by atoms with Gasteiger partial charge in [0.25, 0.3) is 0 Å². The molecule has 0 radical (unpaired) electrons. The third kappa shape index (κ3) is 1.89. The third-order valence-electron chi connectivity index (χ3n) is 4.38. The zero-order chi connectivity index (χ0) is 13.5. The highest BCUT2D eigenvalue weighted by atomic mass is 32.2. The van der Waals surface area contributed by atoms with Gasteiger partial charge in [-0.2, -0.15) is 0 Å². The molecule has 0 bridgehead atoms. The zero-order valence-corrected chi connectivity index (χ0v) is 12.0. The quantitative estimate of drug-likeness (QED) is 0.914. The van der Waals surface area contributed by atoms with Gasteiger partial charge in [0.1, 0.15) is 11.0 Å². The molecule has 20 heavy (non-hydrogen) atoms. The van der Waals surface area contributed by atoms with Crippen molar-refractivity contribution >= 4 is 21.8 Å². The van der Waals surface area contributed by atoms with Gasteiger partial charge in [0, 0.05) is 41.8 Å². The molecule has 2 fully saturated rings. The van der Waals surface area contributed by atoms with Crippen molar-refractivity contribution in [2.45, 2.75) is 29.8 Å². The minimum atomic E-state index is -1.08. The van der Waals surface area contributed by atoms with Gasteiger partial charge >= 0.3 is 0 Å². The molecule has 104 valence electrons. The van der Waals surface area contributed by atoms with E-state index in [2.05, 4.69) is 14.6 Å². The lowest BCUT2D eigenvalue weighted by atomic mass is 10.1. The predicted molar refractivity (Wildman–Crippen MR) is 79.7 cm³/mol. The lowest BCUT2D eigenvalue weighted by Gasteiger charge is -2.22. The van der Waals surface area contributed by atoms with Gasteiger partial charge in [-0.05, 0) is 31.5 Å². The zero-order valence-electron chi connectivity index (χ0n) is 11.2. The molecule has 0 spiro atoms. The Kier molecular flexibility index (Phi) is 3.06. The van der Waals surface area contributed by atoms with Crippen molar-refractivity contribution in [2.24, 2.45) is 0 Å². The summed E-state index contributed by atoms with van der Waals surface area (Å²) in [6.07, 6.45) is 5.80. The average molecular weight is 287 g/mol. The van der Waals surface area contributed by atoms with Crippen LogP contribution in [0.2, 0.25) is 0 Å². The fraction of sp³-hybridized carbons (Fsp3) is 0.400. The number of benzene rings is 1. The lowest BCUT2D eigenvalue weighted by Crippen LogP contribution is -2.35. The number of nitrogens with one attached hydrogen (secondary N) is 1. The van der Waals surface area contributed by atoms with Crippen molar-refractivity contribution in [2.75, 3.05) is 13.1 Å². The van der Waals surface area contributed by atoms with Crippen molar-refractivity contribution in [3.05, 3.63) is 36.7 Å². The second-order valence-corrected chi connectivity index (χ2v) is 6.86. The number of rotatable bonds is 2. The first kappa shape index (κ1) is 12.4. The largest absolute Gasteiger partial charge is 0.312 e. The summed E-state index contributed by atoms with van der Waals surface area (Å²) in [5.41, 5.74) is 0. The van der Waals surface area contributed by atoms with Gasteiger partial charge in [0.2, 0.25) is 0 Å². The van der Waals surface area contributed by atoms with E-state index in [9.17, 15) is 4.21 Å². The maximum absolute atomic E-state index is 13.0. The van der Waals surface area contributed by atoms with Crippen LogP contribution in [0.1, 0.15) is 12.8 Å². The number of fused-ring (bicyclic) bond motifs is 2. The molecule has 3 unspecified atom stereocenters. The van der Waals surface area contributed by atoms with Crippen molar-refractivity contribution in [3.63, 3.8) is 0 Å². The topological polar surface area (TPSA) is 45.2 Å². The monoisotopic (exact) mass is 287 g/mol. The molecule has 2 aliphatic rings. The van der Waals surface area contributed by atoms with Crippen LogP contribution in [0.25, 0.3) is 10.8 Å². The smallest absolute Gasteiger partial charge is 0.128 e. The number of hydrogen-bond acceptors (Lipinski definition) is 3. The molecular weight excluding hydrogens is 270 g/mol. The summed E-state index contributed by atoms with van der Waals surface area (Å²) < 4.78 is 15.2. The SMILES string of the molecule is O=S(c1cccc2cnccc12)N1CCC2NCCC21. The molecule has 2 saturated heterocycles. The van der Waals surface area contributed by atoms with Gasteiger partial charge in [0.05, 0.1) is 4.90 Å². The molecule has 4 nitrogen and oxygen atoms in total. The number of pyridine rings is 1. The van der Waals surface area contributed by atoms with Crippen molar-refractivity contribution in [3.8, 4) is 0 Å². The van der Waals surface area contributed by atoms with Crippen molar-refractivity contribution < 1.29 is 4.21 Å². The molecule has 1 aromatic carbocycles. The molecule has 0 saturated carbocycles. The Morgan fingerprint density at radius 1 is 1.30 bits per heavy atom. The molecule has 0 amide bonds. The van der Waals surface area contributed by atoms with Gasteiger partial charge in [-0.25, -0.2) is 8.51 Å². The Hall–Kier alpha value is -1.30. The van der Waals surface area contributed by atoms with E-state index < -0.39 is 11.0 Å². The van der Waals surface area contributed by atoms with Gasteiger partial charge in [-0.15, -0.1) is 0 Å². The lowest BCUT2D eigenvalue weighted by molar-refractivity contribution is 0.413. The van der Waals surface area contributed by atoms with Gasteiger partial charge in [0.15, 0.2) is 0 Å². The Balaban J connectivity index is 1.74. The Bertz CT molecular complexity index is 670. The molecule has 3 atom stereocenters. The Labute approximate surface area is 120 Å². The molecular formula is C15H17N3OS. The highest BCUT2D eigenvalue weighted by molar-refractivity contribution is 7.83. The normalized spacial score (nSPS) is 27.8. The van der Waals surface area contributed by atoms with E-state index in [0.29, 0.717) is 12.1 Å². The molecule has 3 heterocycles. The van der Waals surface area contributed by atoms with E-state index in [1.165, 1.54) is 0 Å². The van der Waals surface area contributed by atoms with Crippen LogP contribution in [0.5, 0.6) is 0 Å². The fourth-order valence-corrected chi connectivity index (χ4v) is 4.99. The first-order valence-corrected chi connectivity index (χ1v) is 8.20. The van der Waals surface area contributed by atoms with Crippen LogP contribution in [0.3, 0.4) is 0 Å². The maximum Gasteiger partial charge on any atom is 0.128 e. The van der Waals surface area contributed by atoms with Crippen LogP contribution in [-0.2, 0) is 11.0 Å². The second kappa shape index (κ2) is 4.91. The molecule has 4 rings (SSSR count). The predicted octanol–water partition coefficient (Wildman–Crippen LogP) is 1.69. The van der Waals surface area contributed by atoms with Gasteiger partial charge < -0.3 is 5.32 Å². The van der Waals surface area contributed by atoms with Crippen LogP contribution in [0.15, 0.2) is 41.6 Å². The standard InChI is InChI=1S/C15H17N3OS/c19-20(18-9-6-13-14(18)5-8-17-13)15-3-1-2-11-10-16-7-4-12(11)15/h1-4,7,10,13-14,17H,5-6,8-9H2. The van der Waals surface area contributed by atoms with E-state index in [0.717, 1.165) is 41.6 Å². The van der Waals surface area contributed by atoms with Crippen LogP contribution in [0, 0.1) is 0 Å². The summed E-state index contributed by atoms with van der Waals surface area (Å²) in [4.78, 5) is 5.06. The molecule has 2 aliphatic heterocycles. The third-order valence-corrected chi connectivity index (χ3v) is 5.99. The minimum Gasteiger partial charge on any atom is -0.312 e. The van der Waals surface area contributed by atoms with Crippen LogP contribution >= 0.6 is 0 Å². The van der Waals surface area contributed by atoms with Crippen molar-refractivity contribution in [1.29, 1.82) is 0 Å².